The summed E-state index contributed by atoms with van der Waals surface area (Å²) in [7, 11) is 0. The molecule has 25 heavy (non-hydrogen) atoms. The van der Waals surface area contributed by atoms with Gasteiger partial charge in [0.1, 0.15) is 5.82 Å². The highest BCUT2D eigenvalue weighted by Gasteiger charge is 2.29. The lowest BCUT2D eigenvalue weighted by Crippen LogP contribution is -2.31. The van der Waals surface area contributed by atoms with Gasteiger partial charge in [0.05, 0.1) is 5.92 Å². The summed E-state index contributed by atoms with van der Waals surface area (Å²) in [5, 5.41) is 3.87. The summed E-state index contributed by atoms with van der Waals surface area (Å²) < 4.78 is 18.1. The molecule has 1 atom stereocenters. The zero-order chi connectivity index (χ0) is 17.8. The maximum atomic E-state index is 12.9. The van der Waals surface area contributed by atoms with E-state index in [-0.39, 0.29) is 23.5 Å². The lowest BCUT2D eigenvalue weighted by molar-refractivity contribution is -0.130. The molecule has 0 aliphatic carbocycles. The van der Waals surface area contributed by atoms with E-state index in [1.807, 2.05) is 0 Å². The number of carbonyl (C=O) groups excluding carboxylic acids is 2. The van der Waals surface area contributed by atoms with E-state index in [0.717, 1.165) is 0 Å². The summed E-state index contributed by atoms with van der Waals surface area (Å²) in [5.41, 5.74) is 5.94. The van der Waals surface area contributed by atoms with Crippen LogP contribution in [0.4, 0.5) is 4.39 Å². The number of amides is 2. The Bertz CT molecular complexity index is 760. The van der Waals surface area contributed by atoms with Crippen LogP contribution in [0, 0.1) is 11.7 Å². The number of primary amides is 1. The van der Waals surface area contributed by atoms with Crippen LogP contribution in [0.5, 0.6) is 0 Å². The molecular formula is C17H19FN4O3. The van der Waals surface area contributed by atoms with Crippen molar-refractivity contribution in [2.75, 3.05) is 13.1 Å². The van der Waals surface area contributed by atoms with Crippen LogP contribution in [0.2, 0.25) is 0 Å². The molecular weight excluding hydrogens is 327 g/mol. The smallest absolute Gasteiger partial charge is 0.226 e. The summed E-state index contributed by atoms with van der Waals surface area (Å²) in [5.74, 6) is -0.0881. The second kappa shape index (κ2) is 7.42. The molecule has 1 fully saturated rings. The lowest BCUT2D eigenvalue weighted by atomic mass is 10.1. The van der Waals surface area contributed by atoms with Gasteiger partial charge in [-0.3, -0.25) is 9.59 Å². The minimum absolute atomic E-state index is 0.00187. The van der Waals surface area contributed by atoms with Crippen molar-refractivity contribution in [1.29, 1.82) is 0 Å². The Balaban J connectivity index is 1.47. The molecule has 1 aromatic carbocycles. The lowest BCUT2D eigenvalue weighted by Gasteiger charge is -2.15. The number of hydrogen-bond acceptors (Lipinski definition) is 5. The van der Waals surface area contributed by atoms with E-state index in [9.17, 15) is 14.0 Å². The first kappa shape index (κ1) is 17.1. The van der Waals surface area contributed by atoms with E-state index in [0.29, 0.717) is 56.1 Å². The predicted molar refractivity (Wildman–Crippen MR) is 86.5 cm³/mol. The van der Waals surface area contributed by atoms with Crippen molar-refractivity contribution < 1.29 is 18.5 Å². The summed E-state index contributed by atoms with van der Waals surface area (Å²) in [6.07, 6.45) is 2.03. The van der Waals surface area contributed by atoms with Crippen LogP contribution >= 0.6 is 0 Å². The molecule has 3 rings (SSSR count). The third-order valence-electron chi connectivity index (χ3n) is 4.30. The number of halogens is 1. The fraction of sp³-hybridized carbons (Fsp3) is 0.412. The molecule has 8 heteroatoms. The van der Waals surface area contributed by atoms with Crippen molar-refractivity contribution in [3.05, 3.63) is 36.0 Å². The Morgan fingerprint density at radius 1 is 1.32 bits per heavy atom. The number of hydrogen-bond donors (Lipinski definition) is 1. The summed E-state index contributed by atoms with van der Waals surface area (Å²) in [6, 6.07) is 5.82. The highest BCUT2D eigenvalue weighted by molar-refractivity contribution is 5.81. The Kier molecular flexibility index (Phi) is 5.06. The Morgan fingerprint density at radius 3 is 2.76 bits per heavy atom. The number of benzene rings is 1. The number of aromatic nitrogens is 2. The summed E-state index contributed by atoms with van der Waals surface area (Å²) >= 11 is 0. The molecule has 1 unspecified atom stereocenters. The molecule has 1 saturated heterocycles. The molecule has 0 bridgehead atoms. The normalized spacial score (nSPS) is 17.0. The topological polar surface area (TPSA) is 102 Å². The molecule has 0 spiro atoms. The van der Waals surface area contributed by atoms with E-state index in [4.69, 9.17) is 10.3 Å². The van der Waals surface area contributed by atoms with Crippen LogP contribution in [0.3, 0.4) is 0 Å². The minimum atomic E-state index is -0.352. The fourth-order valence-electron chi connectivity index (χ4n) is 2.84. The number of rotatable bonds is 6. The molecule has 7 nitrogen and oxygen atoms in total. The third-order valence-corrected chi connectivity index (χ3v) is 4.30. The van der Waals surface area contributed by atoms with Crippen LogP contribution in [-0.2, 0) is 16.0 Å². The van der Waals surface area contributed by atoms with Crippen LogP contribution in [0.25, 0.3) is 11.4 Å². The zero-order valence-corrected chi connectivity index (χ0v) is 13.7. The quantitative estimate of drug-likeness (QED) is 0.854. The van der Waals surface area contributed by atoms with Crippen LogP contribution < -0.4 is 5.73 Å². The maximum Gasteiger partial charge on any atom is 0.226 e. The zero-order valence-electron chi connectivity index (χ0n) is 13.7. The number of likely N-dealkylation sites (tertiary alicyclic amines) is 1. The average Bonchev–Trinajstić information content (AvgIpc) is 3.25. The van der Waals surface area contributed by atoms with Gasteiger partial charge in [-0.2, -0.15) is 4.98 Å². The van der Waals surface area contributed by atoms with Crippen LogP contribution in [-0.4, -0.2) is 39.9 Å². The van der Waals surface area contributed by atoms with Crippen molar-refractivity contribution in [1.82, 2.24) is 15.0 Å². The SMILES string of the molecule is NC(=O)C1CCN(C(=O)CCCc2nc(-c3ccc(F)cc3)no2)C1. The van der Waals surface area contributed by atoms with Gasteiger partial charge in [0.25, 0.3) is 0 Å². The predicted octanol–water partition coefficient (Wildman–Crippen LogP) is 1.53. The van der Waals surface area contributed by atoms with Gasteiger partial charge in [0.15, 0.2) is 0 Å². The number of carbonyl (C=O) groups is 2. The van der Waals surface area contributed by atoms with Crippen LogP contribution in [0.15, 0.2) is 28.8 Å². The van der Waals surface area contributed by atoms with E-state index >= 15 is 0 Å². The molecule has 0 saturated carbocycles. The monoisotopic (exact) mass is 346 g/mol. The summed E-state index contributed by atoms with van der Waals surface area (Å²) in [4.78, 5) is 29.2. The first-order valence-corrected chi connectivity index (χ1v) is 8.18. The van der Waals surface area contributed by atoms with E-state index in [2.05, 4.69) is 10.1 Å². The molecule has 2 N–H and O–H groups in total. The van der Waals surface area contributed by atoms with Gasteiger partial charge in [-0.25, -0.2) is 4.39 Å². The molecule has 1 aliphatic heterocycles. The summed E-state index contributed by atoms with van der Waals surface area (Å²) in [6.45, 7) is 0.977. The second-order valence-electron chi connectivity index (χ2n) is 6.10. The van der Waals surface area contributed by atoms with Crippen molar-refractivity contribution in [3.63, 3.8) is 0 Å². The van der Waals surface area contributed by atoms with Crippen LogP contribution in [0.1, 0.15) is 25.2 Å². The highest BCUT2D eigenvalue weighted by Crippen LogP contribution is 2.19. The van der Waals surface area contributed by atoms with Gasteiger partial charge in [-0.1, -0.05) is 5.16 Å². The molecule has 2 amide bonds. The molecule has 1 aliphatic rings. The van der Waals surface area contributed by atoms with Crippen molar-refractivity contribution >= 4 is 11.8 Å². The fourth-order valence-corrected chi connectivity index (χ4v) is 2.84. The van der Waals surface area contributed by atoms with E-state index < -0.39 is 0 Å². The van der Waals surface area contributed by atoms with Crippen molar-refractivity contribution in [3.8, 4) is 11.4 Å². The Hall–Kier alpha value is -2.77. The standard InChI is InChI=1S/C17H19FN4O3/c18-13-6-4-11(5-7-13)17-20-14(25-21-17)2-1-3-15(23)22-9-8-12(10-22)16(19)24/h4-7,12H,1-3,8-10H2,(H2,19,24). The van der Waals surface area contributed by atoms with Gasteiger partial charge in [-0.15, -0.1) is 0 Å². The average molecular weight is 346 g/mol. The molecule has 1 aromatic heterocycles. The highest BCUT2D eigenvalue weighted by atomic mass is 19.1. The minimum Gasteiger partial charge on any atom is -0.369 e. The van der Waals surface area contributed by atoms with Crippen molar-refractivity contribution in [2.45, 2.75) is 25.7 Å². The molecule has 2 aromatic rings. The third kappa shape index (κ3) is 4.20. The Labute approximate surface area is 144 Å². The van der Waals surface area contributed by atoms with E-state index in [1.165, 1.54) is 12.1 Å². The van der Waals surface area contributed by atoms with Crippen molar-refractivity contribution in [2.24, 2.45) is 11.7 Å². The first-order valence-electron chi connectivity index (χ1n) is 8.18. The molecule has 0 radical (unpaired) electrons. The maximum absolute atomic E-state index is 12.9. The number of aryl methyl sites for hydroxylation is 1. The number of nitrogens with two attached hydrogens (primary N) is 1. The Morgan fingerprint density at radius 2 is 2.08 bits per heavy atom. The number of nitrogens with zero attached hydrogens (tertiary/aromatic N) is 3. The van der Waals surface area contributed by atoms with Gasteiger partial charge in [0.2, 0.25) is 23.5 Å². The largest absolute Gasteiger partial charge is 0.369 e. The molecule has 132 valence electrons. The van der Waals surface area contributed by atoms with Gasteiger partial charge >= 0.3 is 0 Å². The van der Waals surface area contributed by atoms with E-state index in [1.54, 1.807) is 17.0 Å². The molecule has 2 heterocycles. The van der Waals surface area contributed by atoms with Gasteiger partial charge in [0, 0.05) is 31.5 Å². The first-order chi connectivity index (χ1) is 12.0. The second-order valence-corrected chi connectivity index (χ2v) is 6.10. The van der Waals surface area contributed by atoms with Gasteiger partial charge < -0.3 is 15.2 Å². The van der Waals surface area contributed by atoms with Gasteiger partial charge in [-0.05, 0) is 37.1 Å².